The van der Waals surface area contributed by atoms with E-state index in [-0.39, 0.29) is 0 Å². The van der Waals surface area contributed by atoms with Gasteiger partial charge in [-0.05, 0) is 81.9 Å². The maximum Gasteiger partial charge on any atom is 0.164 e. The van der Waals surface area contributed by atoms with Gasteiger partial charge in [-0.1, -0.05) is 182 Å². The number of furan rings is 1. The molecule has 0 radical (unpaired) electrons. The first-order chi connectivity index (χ1) is 32.2. The van der Waals surface area contributed by atoms with E-state index in [0.717, 1.165) is 61.3 Å². The van der Waals surface area contributed by atoms with Crippen LogP contribution in [0.3, 0.4) is 0 Å². The topological polar surface area (TPSA) is 56.7 Å². The van der Waals surface area contributed by atoms with Crippen LogP contribution < -0.4 is 0 Å². The Morgan fingerprint density at radius 1 is 0.385 bits per heavy atom. The third kappa shape index (κ3) is 5.76. The molecule has 0 spiro atoms. The number of hydrogen-bond acceptors (Lipinski definition) is 4. The van der Waals surface area contributed by atoms with Crippen LogP contribution in [0, 0.1) is 0 Å². The number of fused-ring (bicyclic) bond motifs is 7. The molecule has 3 aromatic heterocycles. The van der Waals surface area contributed by atoms with Crippen LogP contribution in [0.4, 0.5) is 0 Å². The second-order valence-corrected chi connectivity index (χ2v) is 16.7. The number of nitrogens with zero attached hydrogens (tertiary/aromatic N) is 4. The largest absolute Gasteiger partial charge is 0.456 e. The average Bonchev–Trinajstić information content (AvgIpc) is 4.06. The monoisotopic (exact) mass is 830 g/mol. The highest BCUT2D eigenvalue weighted by Gasteiger charge is 2.47. The third-order valence-electron chi connectivity index (χ3n) is 13.2. The molecule has 9 aromatic carbocycles. The molecule has 0 atom stereocenters. The van der Waals surface area contributed by atoms with E-state index in [1.807, 2.05) is 18.2 Å². The van der Waals surface area contributed by atoms with Crippen LogP contribution in [-0.4, -0.2) is 19.5 Å². The summed E-state index contributed by atoms with van der Waals surface area (Å²) in [6.07, 6.45) is 0. The first-order valence-electron chi connectivity index (χ1n) is 22.0. The van der Waals surface area contributed by atoms with Crippen molar-refractivity contribution in [1.82, 2.24) is 19.5 Å². The maximum absolute atomic E-state index is 6.25. The molecule has 3 heterocycles. The molecule has 65 heavy (non-hydrogen) atoms. The van der Waals surface area contributed by atoms with E-state index >= 15 is 0 Å². The van der Waals surface area contributed by atoms with Crippen molar-refractivity contribution in [3.63, 3.8) is 0 Å². The van der Waals surface area contributed by atoms with Crippen molar-refractivity contribution < 1.29 is 4.42 Å². The Hall–Kier alpha value is -8.67. The lowest BCUT2D eigenvalue weighted by Crippen LogP contribution is -2.28. The van der Waals surface area contributed by atoms with Crippen molar-refractivity contribution in [2.24, 2.45) is 0 Å². The van der Waals surface area contributed by atoms with Gasteiger partial charge in [0.05, 0.1) is 16.4 Å². The Labute approximate surface area is 375 Å². The van der Waals surface area contributed by atoms with Crippen LogP contribution >= 0.6 is 0 Å². The Balaban J connectivity index is 1.00. The molecule has 0 saturated heterocycles. The molecular weight excluding hydrogens is 793 g/mol. The third-order valence-corrected chi connectivity index (χ3v) is 13.2. The molecule has 0 bridgehead atoms. The highest BCUT2D eigenvalue weighted by molar-refractivity contribution is 6.09. The van der Waals surface area contributed by atoms with Gasteiger partial charge in [-0.3, -0.25) is 0 Å². The SMILES string of the molecule is c1ccc(C2(c3ccccc3)c3ccccc3-c3c(-c4nc(-c5ccc(-c6cc7ccccc7o6)cc5)nc(-c5ccc(-n6c7ccccc7c7ccccc76)cc5)n4)cccc32)cc1. The van der Waals surface area contributed by atoms with E-state index in [0.29, 0.717) is 17.5 Å². The molecule has 12 aromatic rings. The molecule has 5 nitrogen and oxygen atoms in total. The van der Waals surface area contributed by atoms with Gasteiger partial charge in [0.25, 0.3) is 0 Å². The van der Waals surface area contributed by atoms with Gasteiger partial charge in [0.1, 0.15) is 11.3 Å². The summed E-state index contributed by atoms with van der Waals surface area (Å²) >= 11 is 0. The molecule has 0 amide bonds. The lowest BCUT2D eigenvalue weighted by atomic mass is 9.67. The molecule has 0 unspecified atom stereocenters. The predicted molar refractivity (Wildman–Crippen MR) is 263 cm³/mol. The van der Waals surface area contributed by atoms with Gasteiger partial charge >= 0.3 is 0 Å². The summed E-state index contributed by atoms with van der Waals surface area (Å²) in [6, 6.07) is 81.5. The Morgan fingerprint density at radius 3 is 1.55 bits per heavy atom. The number of hydrogen-bond donors (Lipinski definition) is 0. The standard InChI is InChI=1S/C60H38N4O/c1-3-17-43(18-4-1)60(44-19-5-2-6-20-44)50-25-11-8-23-48(50)56-49(24-15-26-51(56)60)59-62-57(40-32-30-39(31-33-40)55-38-42-16-7-14-29-54(42)65-55)61-58(63-59)41-34-36-45(37-35-41)64-52-27-12-9-21-46(52)47-22-10-13-28-53(47)64/h1-38H. The summed E-state index contributed by atoms with van der Waals surface area (Å²) in [5.74, 6) is 2.62. The van der Waals surface area contributed by atoms with E-state index in [4.69, 9.17) is 19.4 Å². The van der Waals surface area contributed by atoms with E-state index in [9.17, 15) is 0 Å². The fourth-order valence-corrected chi connectivity index (χ4v) is 10.3. The summed E-state index contributed by atoms with van der Waals surface area (Å²) in [5, 5.41) is 3.53. The number of rotatable bonds is 7. The lowest BCUT2D eigenvalue weighted by molar-refractivity contribution is 0.631. The predicted octanol–water partition coefficient (Wildman–Crippen LogP) is 14.7. The van der Waals surface area contributed by atoms with Crippen LogP contribution in [-0.2, 0) is 5.41 Å². The van der Waals surface area contributed by atoms with Crippen LogP contribution in [0.25, 0.3) is 95.1 Å². The smallest absolute Gasteiger partial charge is 0.164 e. The molecule has 0 aliphatic heterocycles. The summed E-state index contributed by atoms with van der Waals surface area (Å²) < 4.78 is 8.58. The Bertz CT molecular complexity index is 3630. The minimum Gasteiger partial charge on any atom is -0.456 e. The zero-order valence-corrected chi connectivity index (χ0v) is 35.1. The summed E-state index contributed by atoms with van der Waals surface area (Å²) in [6.45, 7) is 0. The summed E-state index contributed by atoms with van der Waals surface area (Å²) in [4.78, 5) is 16.0. The number of benzene rings is 9. The van der Waals surface area contributed by atoms with Gasteiger partial charge in [-0.15, -0.1) is 0 Å². The van der Waals surface area contributed by atoms with Crippen LogP contribution in [0.15, 0.2) is 235 Å². The molecule has 1 aliphatic rings. The van der Waals surface area contributed by atoms with Crippen LogP contribution in [0.1, 0.15) is 22.3 Å². The molecule has 304 valence electrons. The van der Waals surface area contributed by atoms with Crippen molar-refractivity contribution >= 4 is 32.8 Å². The van der Waals surface area contributed by atoms with Crippen LogP contribution in [0.2, 0.25) is 0 Å². The fraction of sp³-hybridized carbons (Fsp3) is 0.0167. The second kappa shape index (κ2) is 14.7. The normalized spacial score (nSPS) is 12.7. The Kier molecular flexibility index (Phi) is 8.36. The molecule has 0 N–H and O–H groups in total. The zero-order chi connectivity index (χ0) is 42.9. The summed E-state index contributed by atoms with van der Waals surface area (Å²) in [7, 11) is 0. The lowest BCUT2D eigenvalue weighted by Gasteiger charge is -2.33. The summed E-state index contributed by atoms with van der Waals surface area (Å²) in [5.41, 5.74) is 14.6. The van der Waals surface area contributed by atoms with E-state index in [1.54, 1.807) is 0 Å². The quantitative estimate of drug-likeness (QED) is 0.161. The molecule has 13 rings (SSSR count). The van der Waals surface area contributed by atoms with E-state index < -0.39 is 5.41 Å². The number of aromatic nitrogens is 4. The maximum atomic E-state index is 6.25. The van der Waals surface area contributed by atoms with Crippen molar-refractivity contribution in [2.75, 3.05) is 0 Å². The zero-order valence-electron chi connectivity index (χ0n) is 35.1. The van der Waals surface area contributed by atoms with Gasteiger partial charge < -0.3 is 8.98 Å². The number of para-hydroxylation sites is 3. The Morgan fingerprint density at radius 2 is 0.892 bits per heavy atom. The van der Waals surface area contributed by atoms with Crippen molar-refractivity contribution in [2.45, 2.75) is 5.41 Å². The average molecular weight is 831 g/mol. The molecule has 0 saturated carbocycles. The van der Waals surface area contributed by atoms with Crippen molar-refractivity contribution in [3.05, 3.63) is 253 Å². The van der Waals surface area contributed by atoms with Gasteiger partial charge in [0.2, 0.25) is 0 Å². The van der Waals surface area contributed by atoms with E-state index in [2.05, 4.69) is 217 Å². The first-order valence-corrected chi connectivity index (χ1v) is 22.0. The van der Waals surface area contributed by atoms with Crippen LogP contribution in [0.5, 0.6) is 0 Å². The molecule has 5 heteroatoms. The van der Waals surface area contributed by atoms with E-state index in [1.165, 1.54) is 38.6 Å². The highest BCUT2D eigenvalue weighted by atomic mass is 16.3. The van der Waals surface area contributed by atoms with Crippen molar-refractivity contribution in [3.8, 4) is 62.3 Å². The van der Waals surface area contributed by atoms with Gasteiger partial charge in [-0.25, -0.2) is 15.0 Å². The minimum absolute atomic E-state index is 0.557. The molecule has 1 aliphatic carbocycles. The fourth-order valence-electron chi connectivity index (χ4n) is 10.3. The van der Waals surface area contributed by atoms with Gasteiger partial charge in [0, 0.05) is 44.1 Å². The van der Waals surface area contributed by atoms with Gasteiger partial charge in [-0.2, -0.15) is 0 Å². The first kappa shape index (κ1) is 36.9. The molecular formula is C60H38N4O. The second-order valence-electron chi connectivity index (χ2n) is 16.7. The van der Waals surface area contributed by atoms with Crippen molar-refractivity contribution in [1.29, 1.82) is 0 Å². The minimum atomic E-state index is -0.557. The molecule has 0 fully saturated rings. The highest BCUT2D eigenvalue weighted by Crippen LogP contribution is 2.58. The van der Waals surface area contributed by atoms with Gasteiger partial charge in [0.15, 0.2) is 17.5 Å².